The molecule has 1 atom stereocenters. The van der Waals surface area contributed by atoms with Gasteiger partial charge in [-0.05, 0) is 31.0 Å². The second-order valence-corrected chi connectivity index (χ2v) is 5.07. The first kappa shape index (κ1) is 14.8. The van der Waals surface area contributed by atoms with Crippen LogP contribution < -0.4 is 16.6 Å². The largest absolute Gasteiger partial charge is 0.398 e. The Balaban J connectivity index is 2.07. The number of hydrogen-bond donors (Lipinski definition) is 2. The van der Waals surface area contributed by atoms with Gasteiger partial charge in [0.1, 0.15) is 6.54 Å². The van der Waals surface area contributed by atoms with Crippen LogP contribution in [0.5, 0.6) is 0 Å². The van der Waals surface area contributed by atoms with E-state index >= 15 is 0 Å². The number of nitrogens with one attached hydrogen (secondary N) is 1. The standard InChI is InChI=1S/C16H19N3O2/c1-11-5-3-4-6-14(11)12(2)18-15(20)10-19-9-13(17)7-8-16(19)21/h3-9,12H,10,17H2,1-2H3,(H,18,20). The van der Waals surface area contributed by atoms with Crippen molar-refractivity contribution in [3.63, 3.8) is 0 Å². The van der Waals surface area contributed by atoms with Crippen LogP contribution in [-0.4, -0.2) is 10.5 Å². The molecule has 1 aromatic heterocycles. The highest BCUT2D eigenvalue weighted by Crippen LogP contribution is 2.16. The maximum Gasteiger partial charge on any atom is 0.251 e. The highest BCUT2D eigenvalue weighted by Gasteiger charge is 2.12. The van der Waals surface area contributed by atoms with Gasteiger partial charge in [0.05, 0.1) is 6.04 Å². The van der Waals surface area contributed by atoms with Crippen molar-refractivity contribution < 1.29 is 4.79 Å². The first-order chi connectivity index (χ1) is 9.97. The summed E-state index contributed by atoms with van der Waals surface area (Å²) >= 11 is 0. The molecule has 1 aromatic carbocycles. The predicted molar refractivity (Wildman–Crippen MR) is 82.9 cm³/mol. The number of anilines is 1. The van der Waals surface area contributed by atoms with Gasteiger partial charge in [-0.2, -0.15) is 0 Å². The number of pyridine rings is 1. The average molecular weight is 285 g/mol. The van der Waals surface area contributed by atoms with Crippen LogP contribution in [0, 0.1) is 6.92 Å². The SMILES string of the molecule is Cc1ccccc1C(C)NC(=O)Cn1cc(N)ccc1=O. The van der Waals surface area contributed by atoms with Gasteiger partial charge in [0.15, 0.2) is 0 Å². The zero-order valence-electron chi connectivity index (χ0n) is 12.2. The Hall–Kier alpha value is -2.56. The molecule has 0 saturated carbocycles. The number of nitrogens with zero attached hydrogens (tertiary/aromatic N) is 1. The maximum absolute atomic E-state index is 12.1. The van der Waals surface area contributed by atoms with Crippen LogP contribution in [0.4, 0.5) is 5.69 Å². The van der Waals surface area contributed by atoms with Crippen molar-refractivity contribution in [1.29, 1.82) is 0 Å². The second-order valence-electron chi connectivity index (χ2n) is 5.07. The fraction of sp³-hybridized carbons (Fsp3) is 0.250. The van der Waals surface area contributed by atoms with Crippen molar-refractivity contribution in [2.75, 3.05) is 5.73 Å². The number of aromatic nitrogens is 1. The van der Waals surface area contributed by atoms with E-state index in [1.807, 2.05) is 38.1 Å². The van der Waals surface area contributed by atoms with Crippen LogP contribution in [0.25, 0.3) is 0 Å². The van der Waals surface area contributed by atoms with Crippen molar-refractivity contribution in [2.24, 2.45) is 0 Å². The van der Waals surface area contributed by atoms with Crippen LogP contribution in [0.1, 0.15) is 24.1 Å². The lowest BCUT2D eigenvalue weighted by atomic mass is 10.0. The number of carbonyl (C=O) groups is 1. The highest BCUT2D eigenvalue weighted by atomic mass is 16.2. The van der Waals surface area contributed by atoms with Crippen molar-refractivity contribution in [2.45, 2.75) is 26.4 Å². The number of nitrogens with two attached hydrogens (primary N) is 1. The molecule has 3 N–H and O–H groups in total. The highest BCUT2D eigenvalue weighted by molar-refractivity contribution is 5.76. The molecule has 1 unspecified atom stereocenters. The third-order valence-corrected chi connectivity index (χ3v) is 3.35. The van der Waals surface area contributed by atoms with E-state index in [1.54, 1.807) is 0 Å². The van der Waals surface area contributed by atoms with Crippen LogP contribution in [-0.2, 0) is 11.3 Å². The first-order valence-electron chi connectivity index (χ1n) is 6.78. The van der Waals surface area contributed by atoms with E-state index < -0.39 is 0 Å². The number of amides is 1. The van der Waals surface area contributed by atoms with Gasteiger partial charge in [-0.1, -0.05) is 24.3 Å². The Morgan fingerprint density at radius 1 is 1.29 bits per heavy atom. The topological polar surface area (TPSA) is 77.1 Å². The van der Waals surface area contributed by atoms with Gasteiger partial charge >= 0.3 is 0 Å². The van der Waals surface area contributed by atoms with E-state index in [0.717, 1.165) is 11.1 Å². The molecule has 1 heterocycles. The predicted octanol–water partition coefficient (Wildman–Crippen LogP) is 1.62. The molecule has 0 spiro atoms. The molecule has 5 heteroatoms. The first-order valence-corrected chi connectivity index (χ1v) is 6.78. The molecule has 0 saturated heterocycles. The zero-order chi connectivity index (χ0) is 15.4. The summed E-state index contributed by atoms with van der Waals surface area (Å²) in [5, 5.41) is 2.89. The lowest BCUT2D eigenvalue weighted by Crippen LogP contribution is -2.33. The van der Waals surface area contributed by atoms with Gasteiger partial charge in [0, 0.05) is 18.0 Å². The lowest BCUT2D eigenvalue weighted by molar-refractivity contribution is -0.122. The molecule has 21 heavy (non-hydrogen) atoms. The minimum absolute atomic E-state index is 0.0416. The Kier molecular flexibility index (Phi) is 4.42. The molecule has 0 radical (unpaired) electrons. The third-order valence-electron chi connectivity index (χ3n) is 3.35. The number of nitrogen functional groups attached to an aromatic ring is 1. The van der Waals surface area contributed by atoms with Gasteiger partial charge in [0.2, 0.25) is 5.91 Å². The van der Waals surface area contributed by atoms with Gasteiger partial charge in [-0.25, -0.2) is 0 Å². The number of rotatable bonds is 4. The molecule has 2 rings (SSSR count). The molecule has 110 valence electrons. The quantitative estimate of drug-likeness (QED) is 0.896. The number of carbonyl (C=O) groups excluding carboxylic acids is 1. The van der Waals surface area contributed by atoms with E-state index in [2.05, 4.69) is 5.32 Å². The van der Waals surface area contributed by atoms with Crippen LogP contribution >= 0.6 is 0 Å². The Morgan fingerprint density at radius 3 is 2.71 bits per heavy atom. The van der Waals surface area contributed by atoms with Crippen molar-refractivity contribution in [1.82, 2.24) is 9.88 Å². The molecule has 2 aromatic rings. The minimum atomic E-state index is -0.247. The molecule has 0 bridgehead atoms. The number of aryl methyl sites for hydroxylation is 1. The summed E-state index contributed by atoms with van der Waals surface area (Å²) in [7, 11) is 0. The second kappa shape index (κ2) is 6.26. The summed E-state index contributed by atoms with van der Waals surface area (Å²) in [5.74, 6) is -0.224. The lowest BCUT2D eigenvalue weighted by Gasteiger charge is -2.17. The van der Waals surface area contributed by atoms with E-state index in [-0.39, 0.29) is 24.1 Å². The molecular formula is C16H19N3O2. The van der Waals surface area contributed by atoms with Crippen molar-refractivity contribution >= 4 is 11.6 Å². The Labute approximate surface area is 123 Å². The van der Waals surface area contributed by atoms with Gasteiger partial charge in [-0.15, -0.1) is 0 Å². The van der Waals surface area contributed by atoms with Crippen LogP contribution in [0.2, 0.25) is 0 Å². The van der Waals surface area contributed by atoms with E-state index in [1.165, 1.54) is 22.9 Å². The molecule has 0 aliphatic carbocycles. The summed E-state index contributed by atoms with van der Waals surface area (Å²) in [4.78, 5) is 23.7. The fourth-order valence-corrected chi connectivity index (χ4v) is 2.27. The zero-order valence-corrected chi connectivity index (χ0v) is 12.2. The van der Waals surface area contributed by atoms with Crippen LogP contribution in [0.3, 0.4) is 0 Å². The summed E-state index contributed by atoms with van der Waals surface area (Å²) in [6.07, 6.45) is 1.47. The average Bonchev–Trinajstić information content (AvgIpc) is 2.43. The molecule has 0 fully saturated rings. The smallest absolute Gasteiger partial charge is 0.251 e. The van der Waals surface area contributed by atoms with E-state index in [0.29, 0.717) is 5.69 Å². The Bertz CT molecular complexity index is 707. The van der Waals surface area contributed by atoms with Gasteiger partial charge in [-0.3, -0.25) is 9.59 Å². The molecule has 0 aliphatic heterocycles. The summed E-state index contributed by atoms with van der Waals surface area (Å²) < 4.78 is 1.30. The minimum Gasteiger partial charge on any atom is -0.398 e. The van der Waals surface area contributed by atoms with E-state index in [9.17, 15) is 9.59 Å². The van der Waals surface area contributed by atoms with Gasteiger partial charge in [0.25, 0.3) is 5.56 Å². The summed E-state index contributed by atoms with van der Waals surface area (Å²) in [6, 6.07) is 10.6. The third kappa shape index (κ3) is 3.72. The Morgan fingerprint density at radius 2 is 2.00 bits per heavy atom. The molecule has 5 nitrogen and oxygen atoms in total. The molecule has 0 aliphatic rings. The monoisotopic (exact) mass is 285 g/mol. The normalized spacial score (nSPS) is 11.9. The van der Waals surface area contributed by atoms with E-state index in [4.69, 9.17) is 5.73 Å². The number of hydrogen-bond acceptors (Lipinski definition) is 3. The summed E-state index contributed by atoms with van der Waals surface area (Å²) in [5.41, 5.74) is 8.01. The van der Waals surface area contributed by atoms with Gasteiger partial charge < -0.3 is 15.6 Å². The fourth-order valence-electron chi connectivity index (χ4n) is 2.27. The molecule has 1 amide bonds. The summed E-state index contributed by atoms with van der Waals surface area (Å²) in [6.45, 7) is 3.88. The van der Waals surface area contributed by atoms with Crippen molar-refractivity contribution in [3.8, 4) is 0 Å². The van der Waals surface area contributed by atoms with Crippen LogP contribution in [0.15, 0.2) is 47.4 Å². The maximum atomic E-state index is 12.1. The molecular weight excluding hydrogens is 266 g/mol. The number of benzene rings is 1. The van der Waals surface area contributed by atoms with Crippen molar-refractivity contribution in [3.05, 3.63) is 64.1 Å².